The predicted molar refractivity (Wildman–Crippen MR) is 78.9 cm³/mol. The van der Waals surface area contributed by atoms with Crippen LogP contribution in [0, 0.1) is 0 Å². The summed E-state index contributed by atoms with van der Waals surface area (Å²) < 4.78 is 23.1. The summed E-state index contributed by atoms with van der Waals surface area (Å²) >= 11 is 0. The Morgan fingerprint density at radius 3 is 2.52 bits per heavy atom. The van der Waals surface area contributed by atoms with E-state index in [1.807, 2.05) is 6.92 Å². The molecule has 0 aromatic carbocycles. The van der Waals surface area contributed by atoms with Crippen molar-refractivity contribution in [2.45, 2.75) is 25.8 Å². The second-order valence-electron chi connectivity index (χ2n) is 5.10. The number of aliphatic carboxylic acids is 1. The molecule has 0 aromatic rings. The highest BCUT2D eigenvalue weighted by atomic mass is 32.2. The Balaban J connectivity index is 2.92. The van der Waals surface area contributed by atoms with E-state index >= 15 is 0 Å². The molecule has 0 radical (unpaired) electrons. The highest BCUT2D eigenvalue weighted by Gasteiger charge is 2.36. The number of nitrogens with zero attached hydrogens (tertiary/aromatic N) is 2. The molecule has 1 unspecified atom stereocenters. The van der Waals surface area contributed by atoms with Gasteiger partial charge in [0.25, 0.3) is 0 Å². The van der Waals surface area contributed by atoms with Crippen LogP contribution in [0.4, 0.5) is 4.79 Å². The number of carboxylic acids is 1. The number of hydrogen-bond donors (Lipinski definition) is 1. The molecule has 1 heterocycles. The van der Waals surface area contributed by atoms with Crippen molar-refractivity contribution < 1.29 is 23.1 Å². The smallest absolute Gasteiger partial charge is 0.323 e. The molecule has 1 atom stereocenters. The third kappa shape index (κ3) is 5.04. The third-order valence-corrected chi connectivity index (χ3v) is 5.06. The molecule has 0 aliphatic carbocycles. The van der Waals surface area contributed by atoms with E-state index in [0.717, 1.165) is 11.3 Å². The van der Waals surface area contributed by atoms with Crippen molar-refractivity contribution in [3.05, 3.63) is 12.7 Å². The Labute approximate surface area is 125 Å². The minimum atomic E-state index is -3.19. The molecular weight excluding hydrogens is 296 g/mol. The van der Waals surface area contributed by atoms with Crippen molar-refractivity contribution in [3.63, 3.8) is 0 Å². The number of carbonyl (C=O) groups is 2. The van der Waals surface area contributed by atoms with Gasteiger partial charge in [0.1, 0.15) is 6.54 Å². The molecule has 1 rings (SSSR count). The van der Waals surface area contributed by atoms with Gasteiger partial charge in [0.2, 0.25) is 0 Å². The second kappa shape index (κ2) is 7.44. The van der Waals surface area contributed by atoms with Crippen molar-refractivity contribution >= 4 is 21.8 Å². The molecule has 1 N–H and O–H groups in total. The van der Waals surface area contributed by atoms with Gasteiger partial charge in [0.15, 0.2) is 9.84 Å². The fourth-order valence-electron chi connectivity index (χ4n) is 2.39. The van der Waals surface area contributed by atoms with Crippen molar-refractivity contribution in [2.75, 3.05) is 31.1 Å². The topological polar surface area (TPSA) is 95.0 Å². The molecular formula is C13H22N2O5S. The summed E-state index contributed by atoms with van der Waals surface area (Å²) in [6, 6.07) is -1.01. The number of hydrogen-bond acceptors (Lipinski definition) is 4. The van der Waals surface area contributed by atoms with Gasteiger partial charge in [0.05, 0.1) is 11.5 Å². The normalized spacial score (nSPS) is 20.0. The van der Waals surface area contributed by atoms with Gasteiger partial charge in [-0.05, 0) is 12.8 Å². The fraction of sp³-hybridized carbons (Fsp3) is 0.692. The molecule has 0 bridgehead atoms. The molecule has 0 aromatic heterocycles. The van der Waals surface area contributed by atoms with Crippen LogP contribution in [-0.4, -0.2) is 72.5 Å². The van der Waals surface area contributed by atoms with Gasteiger partial charge in [-0.1, -0.05) is 13.0 Å². The Kier molecular flexibility index (Phi) is 6.19. The van der Waals surface area contributed by atoms with Crippen LogP contribution in [0.3, 0.4) is 0 Å². The monoisotopic (exact) mass is 318 g/mol. The van der Waals surface area contributed by atoms with E-state index in [4.69, 9.17) is 5.11 Å². The number of carboxylic acid groups (broad SMARTS) is 1. The maximum atomic E-state index is 12.5. The molecule has 21 heavy (non-hydrogen) atoms. The van der Waals surface area contributed by atoms with E-state index in [1.54, 1.807) is 6.08 Å². The lowest BCUT2D eigenvalue weighted by molar-refractivity contribution is -0.138. The molecule has 7 nitrogen and oxygen atoms in total. The predicted octanol–water partition coefficient (Wildman–Crippen LogP) is 0.578. The van der Waals surface area contributed by atoms with Crippen molar-refractivity contribution in [3.8, 4) is 0 Å². The lowest BCUT2D eigenvalue weighted by Crippen LogP contribution is -2.51. The maximum Gasteiger partial charge on any atom is 0.323 e. The molecule has 0 saturated carbocycles. The highest BCUT2D eigenvalue weighted by molar-refractivity contribution is 7.91. The molecule has 1 saturated heterocycles. The number of amides is 2. The number of rotatable bonds is 7. The van der Waals surface area contributed by atoms with Gasteiger partial charge in [-0.15, -0.1) is 6.58 Å². The minimum absolute atomic E-state index is 0.00367. The Hall–Kier alpha value is -1.57. The Bertz CT molecular complexity index is 503. The first kappa shape index (κ1) is 17.5. The largest absolute Gasteiger partial charge is 0.480 e. The molecule has 2 amide bonds. The van der Waals surface area contributed by atoms with Crippen LogP contribution in [0.2, 0.25) is 0 Å². The highest BCUT2D eigenvalue weighted by Crippen LogP contribution is 2.19. The first-order valence-electron chi connectivity index (χ1n) is 6.89. The first-order valence-corrected chi connectivity index (χ1v) is 8.71. The van der Waals surface area contributed by atoms with Gasteiger partial charge < -0.3 is 14.9 Å². The summed E-state index contributed by atoms with van der Waals surface area (Å²) in [7, 11) is -3.19. The van der Waals surface area contributed by atoms with Gasteiger partial charge in [-0.2, -0.15) is 0 Å². The zero-order chi connectivity index (χ0) is 16.0. The first-order chi connectivity index (χ1) is 9.80. The molecule has 1 aliphatic rings. The van der Waals surface area contributed by atoms with Gasteiger partial charge in [0, 0.05) is 19.1 Å². The quantitative estimate of drug-likeness (QED) is 0.693. The average Bonchev–Trinajstić information content (AvgIpc) is 2.75. The zero-order valence-corrected chi connectivity index (χ0v) is 13.0. The van der Waals surface area contributed by atoms with E-state index in [9.17, 15) is 18.0 Å². The van der Waals surface area contributed by atoms with E-state index in [-0.39, 0.29) is 17.9 Å². The molecule has 1 fully saturated rings. The maximum absolute atomic E-state index is 12.5. The van der Waals surface area contributed by atoms with E-state index in [1.165, 1.54) is 4.90 Å². The third-order valence-electron chi connectivity index (χ3n) is 3.31. The van der Waals surface area contributed by atoms with Gasteiger partial charge in [-0.25, -0.2) is 13.2 Å². The Morgan fingerprint density at radius 2 is 2.10 bits per heavy atom. The van der Waals surface area contributed by atoms with Crippen LogP contribution in [0.5, 0.6) is 0 Å². The van der Waals surface area contributed by atoms with Gasteiger partial charge >= 0.3 is 12.0 Å². The van der Waals surface area contributed by atoms with Crippen LogP contribution < -0.4 is 0 Å². The Morgan fingerprint density at radius 1 is 1.43 bits per heavy atom. The summed E-state index contributed by atoms with van der Waals surface area (Å²) in [4.78, 5) is 26.1. The van der Waals surface area contributed by atoms with Crippen molar-refractivity contribution in [1.82, 2.24) is 9.80 Å². The number of urea groups is 1. The van der Waals surface area contributed by atoms with E-state index in [2.05, 4.69) is 6.58 Å². The van der Waals surface area contributed by atoms with E-state index in [0.29, 0.717) is 13.1 Å². The number of sulfone groups is 1. The SMILES string of the molecule is C=CCN(CCC)C(=O)N(CC(=O)O)C1CCS(=O)(=O)C1. The lowest BCUT2D eigenvalue weighted by Gasteiger charge is -2.32. The minimum Gasteiger partial charge on any atom is -0.480 e. The summed E-state index contributed by atoms with van der Waals surface area (Å²) in [5.41, 5.74) is 0. The molecule has 8 heteroatoms. The van der Waals surface area contributed by atoms with Crippen molar-refractivity contribution in [2.24, 2.45) is 0 Å². The summed E-state index contributed by atoms with van der Waals surface area (Å²) in [5.74, 6) is -1.32. The summed E-state index contributed by atoms with van der Waals surface area (Å²) in [6.45, 7) is 5.78. The summed E-state index contributed by atoms with van der Waals surface area (Å²) in [6.07, 6.45) is 2.58. The standard InChI is InChI=1S/C13H22N2O5S/c1-3-6-14(7-4-2)13(18)15(9-12(16)17)11-5-8-21(19,20)10-11/h3,11H,1,4-10H2,2H3,(H,16,17). The van der Waals surface area contributed by atoms with E-state index < -0.39 is 34.4 Å². The molecule has 0 spiro atoms. The average molecular weight is 318 g/mol. The van der Waals surface area contributed by atoms with Gasteiger partial charge in [-0.3, -0.25) is 4.79 Å². The zero-order valence-electron chi connectivity index (χ0n) is 12.2. The van der Waals surface area contributed by atoms with Crippen molar-refractivity contribution in [1.29, 1.82) is 0 Å². The van der Waals surface area contributed by atoms with Crippen LogP contribution in [0.1, 0.15) is 19.8 Å². The fourth-order valence-corrected chi connectivity index (χ4v) is 4.12. The van der Waals surface area contributed by atoms with Crippen LogP contribution >= 0.6 is 0 Å². The number of carbonyl (C=O) groups excluding carboxylic acids is 1. The molecule has 120 valence electrons. The molecule has 1 aliphatic heterocycles. The second-order valence-corrected chi connectivity index (χ2v) is 7.32. The summed E-state index contributed by atoms with van der Waals surface area (Å²) in [5, 5.41) is 8.98. The van der Waals surface area contributed by atoms with Crippen LogP contribution in [0.25, 0.3) is 0 Å². The lowest BCUT2D eigenvalue weighted by atomic mass is 10.2. The van der Waals surface area contributed by atoms with Crippen LogP contribution in [-0.2, 0) is 14.6 Å². The van der Waals surface area contributed by atoms with Crippen LogP contribution in [0.15, 0.2) is 12.7 Å².